The number of hydrogen-bond acceptors (Lipinski definition) is 2. The number of ether oxygens (including phenoxy) is 1. The molecule has 0 aliphatic carbocycles. The van der Waals surface area contributed by atoms with Gasteiger partial charge in [0.05, 0.1) is 12.7 Å². The van der Waals surface area contributed by atoms with Crippen LogP contribution in [0.1, 0.15) is 5.56 Å². The van der Waals surface area contributed by atoms with Gasteiger partial charge in [0.25, 0.3) is 0 Å². The Balaban J connectivity index is 2.00. The first-order valence-electron chi connectivity index (χ1n) is 5.52. The lowest BCUT2D eigenvalue weighted by Crippen LogP contribution is -2.42. The molecule has 1 heterocycles. The van der Waals surface area contributed by atoms with Crippen LogP contribution < -0.4 is 0 Å². The van der Waals surface area contributed by atoms with Gasteiger partial charge in [-0.15, -0.1) is 11.6 Å². The van der Waals surface area contributed by atoms with Crippen LogP contribution in [0.3, 0.4) is 0 Å². The maximum absolute atomic E-state index is 13.2. The lowest BCUT2D eigenvalue weighted by Gasteiger charge is -2.32. The zero-order chi connectivity index (χ0) is 12.3. The number of hydrogen-bond donors (Lipinski definition) is 0. The van der Waals surface area contributed by atoms with Gasteiger partial charge >= 0.3 is 0 Å². The molecule has 5 heteroatoms. The number of alkyl halides is 1. The highest BCUT2D eigenvalue weighted by molar-refractivity contribution is 9.10. The molecule has 2 rings (SSSR count). The van der Waals surface area contributed by atoms with Gasteiger partial charge in [0.1, 0.15) is 5.82 Å². The highest BCUT2D eigenvalue weighted by atomic mass is 79.9. The molecule has 0 bridgehead atoms. The van der Waals surface area contributed by atoms with Crippen molar-refractivity contribution in [2.24, 2.45) is 0 Å². The maximum Gasteiger partial charge on any atom is 0.124 e. The summed E-state index contributed by atoms with van der Waals surface area (Å²) in [5.41, 5.74) is 0.965. The Bertz CT molecular complexity index is 371. The van der Waals surface area contributed by atoms with E-state index in [0.717, 1.165) is 29.7 Å². The molecular weight excluding hydrogens is 308 g/mol. The summed E-state index contributed by atoms with van der Waals surface area (Å²) >= 11 is 9.08. The highest BCUT2D eigenvalue weighted by Crippen LogP contribution is 2.17. The molecule has 1 aliphatic heterocycles. The van der Waals surface area contributed by atoms with Crippen molar-refractivity contribution in [1.29, 1.82) is 0 Å². The molecule has 1 aromatic rings. The number of rotatable bonds is 3. The Morgan fingerprint density at radius 1 is 1.47 bits per heavy atom. The van der Waals surface area contributed by atoms with E-state index in [9.17, 15) is 4.39 Å². The van der Waals surface area contributed by atoms with Crippen LogP contribution in [-0.2, 0) is 11.3 Å². The van der Waals surface area contributed by atoms with Gasteiger partial charge in [0.2, 0.25) is 0 Å². The fourth-order valence-corrected chi connectivity index (χ4v) is 2.68. The Labute approximate surface area is 114 Å². The van der Waals surface area contributed by atoms with Gasteiger partial charge in [0.15, 0.2) is 0 Å². The zero-order valence-electron chi connectivity index (χ0n) is 9.33. The van der Waals surface area contributed by atoms with Gasteiger partial charge in [-0.25, -0.2) is 4.39 Å². The van der Waals surface area contributed by atoms with E-state index in [0.29, 0.717) is 12.5 Å². The largest absolute Gasteiger partial charge is 0.374 e. The van der Waals surface area contributed by atoms with Gasteiger partial charge in [-0.05, 0) is 23.8 Å². The molecule has 1 aromatic carbocycles. The summed E-state index contributed by atoms with van der Waals surface area (Å²) < 4.78 is 19.5. The molecule has 0 N–H and O–H groups in total. The molecule has 0 spiro atoms. The summed E-state index contributed by atoms with van der Waals surface area (Å²) in [4.78, 5) is 2.23. The van der Waals surface area contributed by atoms with Crippen molar-refractivity contribution >= 4 is 27.5 Å². The van der Waals surface area contributed by atoms with E-state index in [1.807, 2.05) is 6.07 Å². The van der Waals surface area contributed by atoms with Gasteiger partial charge < -0.3 is 4.74 Å². The topological polar surface area (TPSA) is 12.5 Å². The van der Waals surface area contributed by atoms with E-state index in [-0.39, 0.29) is 11.9 Å². The van der Waals surface area contributed by atoms with Crippen LogP contribution in [0.15, 0.2) is 22.7 Å². The average Bonchev–Trinajstić information content (AvgIpc) is 2.28. The molecular formula is C12H14BrClFNO. The summed E-state index contributed by atoms with van der Waals surface area (Å²) in [7, 11) is 0. The predicted molar refractivity (Wildman–Crippen MR) is 69.8 cm³/mol. The smallest absolute Gasteiger partial charge is 0.124 e. The molecule has 1 atom stereocenters. The van der Waals surface area contributed by atoms with E-state index in [1.165, 1.54) is 6.07 Å². The molecule has 0 amide bonds. The molecule has 0 saturated carbocycles. The van der Waals surface area contributed by atoms with Gasteiger partial charge in [-0.3, -0.25) is 4.90 Å². The molecule has 1 saturated heterocycles. The van der Waals surface area contributed by atoms with E-state index in [1.54, 1.807) is 6.07 Å². The SMILES string of the molecule is Fc1cc(Br)cc(CN2CCOC(CCl)C2)c1. The third-order valence-electron chi connectivity index (χ3n) is 2.72. The summed E-state index contributed by atoms with van der Waals surface area (Å²) in [5, 5.41) is 0. The minimum atomic E-state index is -0.212. The summed E-state index contributed by atoms with van der Waals surface area (Å²) in [6.45, 7) is 3.08. The van der Waals surface area contributed by atoms with E-state index in [4.69, 9.17) is 16.3 Å². The lowest BCUT2D eigenvalue weighted by atomic mass is 10.2. The first-order chi connectivity index (χ1) is 8.17. The minimum Gasteiger partial charge on any atom is -0.374 e. The molecule has 1 aliphatic rings. The quantitative estimate of drug-likeness (QED) is 0.793. The van der Waals surface area contributed by atoms with Crippen molar-refractivity contribution in [1.82, 2.24) is 4.90 Å². The van der Waals surface area contributed by atoms with Crippen LogP contribution in [0.5, 0.6) is 0 Å². The molecule has 0 radical (unpaired) electrons. The van der Waals surface area contributed by atoms with Crippen molar-refractivity contribution in [2.75, 3.05) is 25.6 Å². The third-order valence-corrected chi connectivity index (χ3v) is 3.53. The van der Waals surface area contributed by atoms with Gasteiger partial charge in [-0.1, -0.05) is 15.9 Å². The molecule has 17 heavy (non-hydrogen) atoms. The van der Waals surface area contributed by atoms with Crippen LogP contribution in [-0.4, -0.2) is 36.6 Å². The van der Waals surface area contributed by atoms with Gasteiger partial charge in [-0.2, -0.15) is 0 Å². The van der Waals surface area contributed by atoms with E-state index >= 15 is 0 Å². The average molecular weight is 323 g/mol. The monoisotopic (exact) mass is 321 g/mol. The molecule has 1 fully saturated rings. The first-order valence-corrected chi connectivity index (χ1v) is 6.85. The lowest BCUT2D eigenvalue weighted by molar-refractivity contribution is -0.0194. The molecule has 1 unspecified atom stereocenters. The fraction of sp³-hybridized carbons (Fsp3) is 0.500. The maximum atomic E-state index is 13.2. The molecule has 2 nitrogen and oxygen atoms in total. The van der Waals surface area contributed by atoms with E-state index in [2.05, 4.69) is 20.8 Å². The number of nitrogens with zero attached hydrogens (tertiary/aromatic N) is 1. The van der Waals surface area contributed by atoms with Gasteiger partial charge in [0, 0.05) is 30.0 Å². The zero-order valence-corrected chi connectivity index (χ0v) is 11.7. The molecule has 0 aromatic heterocycles. The summed E-state index contributed by atoms with van der Waals surface area (Å²) in [6, 6.07) is 4.97. The standard InChI is InChI=1S/C12H14BrClFNO/c13-10-3-9(4-11(15)5-10)7-16-1-2-17-12(6-14)8-16/h3-5,12H,1-2,6-8H2. The van der Waals surface area contributed by atoms with Crippen LogP contribution in [0.2, 0.25) is 0 Å². The predicted octanol–water partition coefficient (Wildman–Crippen LogP) is 3.03. The Hall–Kier alpha value is -0.160. The number of benzene rings is 1. The second-order valence-electron chi connectivity index (χ2n) is 4.16. The Morgan fingerprint density at radius 2 is 2.29 bits per heavy atom. The highest BCUT2D eigenvalue weighted by Gasteiger charge is 2.19. The van der Waals surface area contributed by atoms with Crippen LogP contribution >= 0.6 is 27.5 Å². The minimum absolute atomic E-state index is 0.0856. The summed E-state index contributed by atoms with van der Waals surface area (Å²) in [6.07, 6.45) is 0.0856. The van der Waals surface area contributed by atoms with E-state index < -0.39 is 0 Å². The van der Waals surface area contributed by atoms with Crippen LogP contribution in [0.4, 0.5) is 4.39 Å². The third kappa shape index (κ3) is 3.91. The first kappa shape index (κ1) is 13.3. The van der Waals surface area contributed by atoms with Crippen molar-refractivity contribution < 1.29 is 9.13 Å². The van der Waals surface area contributed by atoms with Crippen molar-refractivity contribution in [2.45, 2.75) is 12.6 Å². The van der Waals surface area contributed by atoms with Crippen molar-refractivity contribution in [3.63, 3.8) is 0 Å². The van der Waals surface area contributed by atoms with Crippen molar-refractivity contribution in [3.8, 4) is 0 Å². The Morgan fingerprint density at radius 3 is 3.00 bits per heavy atom. The summed E-state index contributed by atoms with van der Waals surface area (Å²) in [5.74, 6) is 0.292. The van der Waals surface area contributed by atoms with Crippen molar-refractivity contribution in [3.05, 3.63) is 34.1 Å². The number of morpholine rings is 1. The molecule has 94 valence electrons. The fourth-order valence-electron chi connectivity index (χ4n) is 1.98. The second-order valence-corrected chi connectivity index (χ2v) is 5.38. The van der Waals surface area contributed by atoms with Crippen LogP contribution in [0.25, 0.3) is 0 Å². The second kappa shape index (κ2) is 6.14. The number of halogens is 3. The normalized spacial score (nSPS) is 21.7. The van der Waals surface area contributed by atoms with Crippen LogP contribution in [0, 0.1) is 5.82 Å². The Kier molecular flexibility index (Phi) is 4.79.